The number of aliphatic imine (C=N–C) groups is 1. The molecule has 2 rings (SSSR count). The second-order valence-corrected chi connectivity index (χ2v) is 6.80. The van der Waals surface area contributed by atoms with Gasteiger partial charge in [-0.1, -0.05) is 12.1 Å². The summed E-state index contributed by atoms with van der Waals surface area (Å²) in [6, 6.07) is 5.79. The van der Waals surface area contributed by atoms with Crippen LogP contribution in [0.1, 0.15) is 34.1 Å². The number of benzene rings is 1. The van der Waals surface area contributed by atoms with Crippen LogP contribution < -0.4 is 10.6 Å². The highest BCUT2D eigenvalue weighted by Crippen LogP contribution is 2.41. The largest absolute Gasteiger partial charge is 0.323 e. The van der Waals surface area contributed by atoms with Crippen LogP contribution in [0.25, 0.3) is 0 Å². The van der Waals surface area contributed by atoms with E-state index in [-0.39, 0.29) is 17.7 Å². The van der Waals surface area contributed by atoms with Gasteiger partial charge in [0.25, 0.3) is 0 Å². The van der Waals surface area contributed by atoms with Crippen LogP contribution >= 0.6 is 0 Å². The van der Waals surface area contributed by atoms with Crippen LogP contribution in [0.3, 0.4) is 0 Å². The van der Waals surface area contributed by atoms with E-state index < -0.39 is 16.9 Å². The van der Waals surface area contributed by atoms with E-state index in [2.05, 4.69) is 15.6 Å². The minimum atomic E-state index is -0.719. The highest BCUT2D eigenvalue weighted by Gasteiger charge is 2.52. The van der Waals surface area contributed by atoms with Gasteiger partial charge in [-0.15, -0.1) is 10.3 Å². The molecule has 1 fully saturated rings. The zero-order valence-electron chi connectivity index (χ0n) is 13.7. The van der Waals surface area contributed by atoms with E-state index >= 15 is 0 Å². The standard InChI is InChI=1S/C16H21FN5O/c1-15(2)9-13(16(3,4)22(15)23)21-14(19-10-18)20-12-8-6-5-7-11(12)17/h5-8,13H,9H2,1-4H3,(H2,19,20,21). The molecule has 6 nitrogen and oxygen atoms in total. The van der Waals surface area contributed by atoms with Crippen LogP contribution in [0, 0.1) is 17.3 Å². The molecule has 7 heteroatoms. The number of nitrogens with one attached hydrogen (secondary N) is 2. The summed E-state index contributed by atoms with van der Waals surface area (Å²) in [4.78, 5) is 4.46. The first kappa shape index (κ1) is 17.2. The van der Waals surface area contributed by atoms with Crippen molar-refractivity contribution in [1.29, 1.82) is 5.26 Å². The van der Waals surface area contributed by atoms with E-state index in [1.807, 2.05) is 27.7 Å². The van der Waals surface area contributed by atoms with Gasteiger partial charge in [-0.05, 0) is 46.2 Å². The summed E-state index contributed by atoms with van der Waals surface area (Å²) >= 11 is 0. The molecule has 2 N–H and O–H groups in total. The molecular formula is C16H21FN5O. The van der Waals surface area contributed by atoms with Crippen molar-refractivity contribution in [3.05, 3.63) is 30.1 Å². The highest BCUT2D eigenvalue weighted by molar-refractivity contribution is 5.94. The van der Waals surface area contributed by atoms with Crippen molar-refractivity contribution >= 4 is 11.6 Å². The van der Waals surface area contributed by atoms with Crippen molar-refractivity contribution in [3.63, 3.8) is 0 Å². The van der Waals surface area contributed by atoms with Gasteiger partial charge < -0.3 is 5.32 Å². The topological polar surface area (TPSA) is 83.3 Å². The molecule has 1 aromatic carbocycles. The van der Waals surface area contributed by atoms with Gasteiger partial charge >= 0.3 is 0 Å². The van der Waals surface area contributed by atoms with E-state index in [1.54, 1.807) is 24.4 Å². The van der Waals surface area contributed by atoms with Crippen molar-refractivity contribution in [2.45, 2.75) is 51.2 Å². The number of nitriles is 1. The predicted octanol–water partition coefficient (Wildman–Crippen LogP) is 2.64. The second-order valence-electron chi connectivity index (χ2n) is 6.80. The Hall–Kier alpha value is -2.17. The van der Waals surface area contributed by atoms with Crippen LogP contribution in [-0.2, 0) is 5.21 Å². The van der Waals surface area contributed by atoms with Crippen molar-refractivity contribution in [2.75, 3.05) is 5.32 Å². The smallest absolute Gasteiger partial charge is 0.209 e. The van der Waals surface area contributed by atoms with E-state index in [1.165, 1.54) is 6.07 Å². The average Bonchev–Trinajstić information content (AvgIpc) is 2.62. The summed E-state index contributed by atoms with van der Waals surface area (Å²) in [6.45, 7) is 7.35. The Morgan fingerprint density at radius 3 is 2.57 bits per heavy atom. The van der Waals surface area contributed by atoms with Gasteiger partial charge in [-0.25, -0.2) is 9.38 Å². The van der Waals surface area contributed by atoms with Crippen molar-refractivity contribution in [1.82, 2.24) is 10.4 Å². The fraction of sp³-hybridized carbons (Fsp3) is 0.500. The Bertz CT molecular complexity index is 650. The quantitative estimate of drug-likeness (QED) is 0.380. The number of hydroxylamine groups is 2. The predicted molar refractivity (Wildman–Crippen MR) is 85.3 cm³/mol. The van der Waals surface area contributed by atoms with Gasteiger partial charge in [-0.2, -0.15) is 5.26 Å². The van der Waals surface area contributed by atoms with Crippen LogP contribution in [-0.4, -0.2) is 28.1 Å². The maximum absolute atomic E-state index is 13.8. The lowest BCUT2D eigenvalue weighted by molar-refractivity contribution is -0.245. The molecule has 1 aliphatic rings. The lowest BCUT2D eigenvalue weighted by Crippen LogP contribution is -2.47. The first-order valence-electron chi connectivity index (χ1n) is 7.40. The number of halogens is 1. The fourth-order valence-electron chi connectivity index (χ4n) is 2.92. The molecule has 0 spiro atoms. The normalized spacial score (nSPS) is 23.3. The van der Waals surface area contributed by atoms with Gasteiger partial charge in [0.05, 0.1) is 17.3 Å². The zero-order chi connectivity index (χ0) is 17.3. The molecule has 0 aromatic heterocycles. The number of anilines is 1. The summed E-state index contributed by atoms with van der Waals surface area (Å²) in [5.74, 6) is -0.321. The maximum atomic E-state index is 13.8. The number of hydrogen-bond acceptors (Lipinski definition) is 3. The van der Waals surface area contributed by atoms with Crippen LogP contribution in [0.15, 0.2) is 29.3 Å². The number of guanidine groups is 1. The van der Waals surface area contributed by atoms with Crippen LogP contribution in [0.5, 0.6) is 0 Å². The van der Waals surface area contributed by atoms with Crippen LogP contribution in [0.4, 0.5) is 10.1 Å². The molecule has 1 unspecified atom stereocenters. The van der Waals surface area contributed by atoms with E-state index in [0.717, 1.165) is 5.06 Å². The number of nitrogens with zero attached hydrogens (tertiary/aromatic N) is 3. The molecule has 23 heavy (non-hydrogen) atoms. The molecule has 0 amide bonds. The molecule has 1 aromatic rings. The van der Waals surface area contributed by atoms with Gasteiger partial charge in [-0.3, -0.25) is 5.32 Å². The third-order valence-corrected chi connectivity index (χ3v) is 4.17. The fourth-order valence-corrected chi connectivity index (χ4v) is 2.92. The molecule has 0 bridgehead atoms. The molecular weight excluding hydrogens is 297 g/mol. The van der Waals surface area contributed by atoms with E-state index in [4.69, 9.17) is 5.26 Å². The van der Waals surface area contributed by atoms with E-state index in [0.29, 0.717) is 6.42 Å². The van der Waals surface area contributed by atoms with Gasteiger partial charge in [0.2, 0.25) is 5.96 Å². The van der Waals surface area contributed by atoms with E-state index in [9.17, 15) is 9.60 Å². The lowest BCUT2D eigenvalue weighted by Gasteiger charge is -2.32. The molecule has 1 saturated heterocycles. The second kappa shape index (κ2) is 6.14. The molecule has 123 valence electrons. The zero-order valence-corrected chi connectivity index (χ0v) is 13.7. The maximum Gasteiger partial charge on any atom is 0.209 e. The summed E-state index contributed by atoms with van der Waals surface area (Å²) in [7, 11) is 0. The van der Waals surface area contributed by atoms with Crippen LogP contribution in [0.2, 0.25) is 0 Å². The third-order valence-electron chi connectivity index (χ3n) is 4.17. The molecule has 1 heterocycles. The first-order chi connectivity index (χ1) is 10.7. The Labute approximate surface area is 135 Å². The summed E-state index contributed by atoms with van der Waals surface area (Å²) in [6.07, 6.45) is 2.32. The number of hydrogen-bond donors (Lipinski definition) is 2. The SMILES string of the molecule is CC1(C)CC(N=C(NC#N)Nc2ccccc2F)C(C)(C)N1[O]. The number of rotatable bonds is 2. The minimum Gasteiger partial charge on any atom is -0.323 e. The van der Waals surface area contributed by atoms with Gasteiger partial charge in [0, 0.05) is 5.54 Å². The van der Waals surface area contributed by atoms with Crippen molar-refractivity contribution < 1.29 is 9.60 Å². The molecule has 0 saturated carbocycles. The average molecular weight is 318 g/mol. The lowest BCUT2D eigenvalue weighted by atomic mass is 9.95. The monoisotopic (exact) mass is 318 g/mol. The minimum absolute atomic E-state index is 0.127. The van der Waals surface area contributed by atoms with Crippen molar-refractivity contribution in [2.24, 2.45) is 4.99 Å². The van der Waals surface area contributed by atoms with Gasteiger partial charge in [0.1, 0.15) is 5.82 Å². The summed E-state index contributed by atoms with van der Waals surface area (Å²) in [5, 5.41) is 27.5. The van der Waals surface area contributed by atoms with Gasteiger partial charge in [0.15, 0.2) is 6.19 Å². The highest BCUT2D eigenvalue weighted by atomic mass is 19.1. The Morgan fingerprint density at radius 2 is 2.04 bits per heavy atom. The molecule has 0 aliphatic carbocycles. The number of para-hydroxylation sites is 1. The molecule has 1 radical (unpaired) electrons. The third kappa shape index (κ3) is 3.44. The molecule has 1 aliphatic heterocycles. The molecule has 1 atom stereocenters. The Morgan fingerprint density at radius 1 is 1.39 bits per heavy atom. The summed E-state index contributed by atoms with van der Waals surface area (Å²) < 4.78 is 13.8. The Kier molecular flexibility index (Phi) is 4.59. The van der Waals surface area contributed by atoms with Crippen molar-refractivity contribution in [3.8, 4) is 6.19 Å². The Balaban J connectivity index is 2.29. The summed E-state index contributed by atoms with van der Waals surface area (Å²) in [5.41, 5.74) is -1.06. The first-order valence-corrected chi connectivity index (χ1v) is 7.40.